The van der Waals surface area contributed by atoms with Gasteiger partial charge in [-0.25, -0.2) is 8.42 Å². The van der Waals surface area contributed by atoms with E-state index in [0.29, 0.717) is 29.9 Å². The SMILES string of the molecule is CC(=O)c1cccc(NCC(=O)c2ccc(S(=O)(=O)N3CCCC3)cc2)c1. The van der Waals surface area contributed by atoms with Crippen molar-refractivity contribution in [2.75, 3.05) is 25.0 Å². The van der Waals surface area contributed by atoms with Gasteiger partial charge in [-0.05, 0) is 56.2 Å². The highest BCUT2D eigenvalue weighted by atomic mass is 32.2. The van der Waals surface area contributed by atoms with E-state index in [0.717, 1.165) is 12.8 Å². The van der Waals surface area contributed by atoms with Crippen LogP contribution in [0.5, 0.6) is 0 Å². The predicted octanol–water partition coefficient (Wildman–Crippen LogP) is 2.97. The van der Waals surface area contributed by atoms with E-state index in [2.05, 4.69) is 5.32 Å². The number of nitrogens with zero attached hydrogens (tertiary/aromatic N) is 1. The molecule has 0 aliphatic carbocycles. The monoisotopic (exact) mass is 386 g/mol. The topological polar surface area (TPSA) is 83.5 Å². The molecule has 1 N–H and O–H groups in total. The second kappa shape index (κ2) is 8.02. The molecule has 0 bridgehead atoms. The fourth-order valence-corrected chi connectivity index (χ4v) is 4.54. The fraction of sp³-hybridized carbons (Fsp3) is 0.300. The largest absolute Gasteiger partial charge is 0.378 e. The van der Waals surface area contributed by atoms with Crippen LogP contribution in [0.25, 0.3) is 0 Å². The molecule has 0 saturated carbocycles. The highest BCUT2D eigenvalue weighted by Crippen LogP contribution is 2.21. The Balaban J connectivity index is 1.65. The molecule has 3 rings (SSSR count). The number of carbonyl (C=O) groups excluding carboxylic acids is 2. The van der Waals surface area contributed by atoms with E-state index in [1.54, 1.807) is 36.4 Å². The molecule has 1 fully saturated rings. The van der Waals surface area contributed by atoms with Gasteiger partial charge in [0, 0.05) is 29.9 Å². The Labute approximate surface area is 159 Å². The number of anilines is 1. The third-order valence-corrected chi connectivity index (χ3v) is 6.51. The average molecular weight is 386 g/mol. The Bertz CT molecular complexity index is 946. The molecule has 7 heteroatoms. The van der Waals surface area contributed by atoms with Gasteiger partial charge in [-0.15, -0.1) is 0 Å². The van der Waals surface area contributed by atoms with Gasteiger partial charge in [0.05, 0.1) is 11.4 Å². The van der Waals surface area contributed by atoms with E-state index in [1.165, 1.54) is 23.4 Å². The second-order valence-corrected chi connectivity index (χ2v) is 8.49. The van der Waals surface area contributed by atoms with Gasteiger partial charge in [-0.2, -0.15) is 4.31 Å². The molecule has 2 aromatic rings. The molecule has 0 spiro atoms. The van der Waals surface area contributed by atoms with Crippen LogP contribution in [0.1, 0.15) is 40.5 Å². The number of rotatable bonds is 7. The first-order valence-electron chi connectivity index (χ1n) is 8.86. The average Bonchev–Trinajstić information content (AvgIpc) is 3.22. The molecule has 6 nitrogen and oxygen atoms in total. The Morgan fingerprint density at radius 2 is 1.67 bits per heavy atom. The fourth-order valence-electron chi connectivity index (χ4n) is 3.02. The van der Waals surface area contributed by atoms with Crippen molar-refractivity contribution in [1.82, 2.24) is 4.31 Å². The van der Waals surface area contributed by atoms with Crippen molar-refractivity contribution in [3.05, 3.63) is 59.7 Å². The Hall–Kier alpha value is -2.51. The Kier molecular flexibility index (Phi) is 5.72. The molecular weight excluding hydrogens is 364 g/mol. The van der Waals surface area contributed by atoms with Gasteiger partial charge in [0.1, 0.15) is 0 Å². The summed E-state index contributed by atoms with van der Waals surface area (Å²) in [5, 5.41) is 3.00. The van der Waals surface area contributed by atoms with Crippen molar-refractivity contribution >= 4 is 27.3 Å². The molecule has 1 aliphatic heterocycles. The van der Waals surface area contributed by atoms with E-state index in [-0.39, 0.29) is 23.0 Å². The molecule has 2 aromatic carbocycles. The van der Waals surface area contributed by atoms with Crippen LogP contribution in [0.2, 0.25) is 0 Å². The van der Waals surface area contributed by atoms with Crippen molar-refractivity contribution < 1.29 is 18.0 Å². The summed E-state index contributed by atoms with van der Waals surface area (Å²) < 4.78 is 26.5. The van der Waals surface area contributed by atoms with E-state index >= 15 is 0 Å². The van der Waals surface area contributed by atoms with Crippen molar-refractivity contribution in [2.24, 2.45) is 0 Å². The highest BCUT2D eigenvalue weighted by molar-refractivity contribution is 7.89. The first kappa shape index (κ1) is 19.3. The smallest absolute Gasteiger partial charge is 0.243 e. The third-order valence-electron chi connectivity index (χ3n) is 4.60. The maximum absolute atomic E-state index is 12.5. The molecule has 0 atom stereocenters. The molecule has 1 heterocycles. The van der Waals surface area contributed by atoms with Crippen LogP contribution in [-0.2, 0) is 10.0 Å². The van der Waals surface area contributed by atoms with Crippen LogP contribution in [0.4, 0.5) is 5.69 Å². The predicted molar refractivity (Wildman–Crippen MR) is 104 cm³/mol. The van der Waals surface area contributed by atoms with Gasteiger partial charge in [-0.1, -0.05) is 12.1 Å². The lowest BCUT2D eigenvalue weighted by Crippen LogP contribution is -2.27. The molecule has 142 valence electrons. The lowest BCUT2D eigenvalue weighted by Gasteiger charge is -2.15. The number of hydrogen-bond acceptors (Lipinski definition) is 5. The maximum Gasteiger partial charge on any atom is 0.243 e. The van der Waals surface area contributed by atoms with Crippen molar-refractivity contribution in [1.29, 1.82) is 0 Å². The standard InChI is InChI=1S/C20H22N2O4S/c1-15(23)17-5-4-6-18(13-17)21-14-20(24)16-7-9-19(10-8-16)27(25,26)22-11-2-3-12-22/h4-10,13,21H,2-3,11-12,14H2,1H3. The minimum absolute atomic E-state index is 0.0419. The van der Waals surface area contributed by atoms with Crippen LogP contribution in [-0.4, -0.2) is 43.9 Å². The van der Waals surface area contributed by atoms with Gasteiger partial charge >= 0.3 is 0 Å². The van der Waals surface area contributed by atoms with Crippen LogP contribution in [0.3, 0.4) is 0 Å². The van der Waals surface area contributed by atoms with Crippen LogP contribution in [0, 0.1) is 0 Å². The van der Waals surface area contributed by atoms with Gasteiger partial charge in [-0.3, -0.25) is 9.59 Å². The minimum Gasteiger partial charge on any atom is -0.378 e. The molecule has 0 aromatic heterocycles. The number of Topliss-reactive ketones (excluding diaryl/α,β-unsaturated/α-hetero) is 2. The summed E-state index contributed by atoms with van der Waals surface area (Å²) >= 11 is 0. The molecule has 27 heavy (non-hydrogen) atoms. The van der Waals surface area contributed by atoms with Gasteiger partial charge in [0.2, 0.25) is 10.0 Å². The first-order chi connectivity index (χ1) is 12.9. The summed E-state index contributed by atoms with van der Waals surface area (Å²) in [6.07, 6.45) is 1.76. The van der Waals surface area contributed by atoms with E-state index < -0.39 is 10.0 Å². The number of carbonyl (C=O) groups is 2. The quantitative estimate of drug-likeness (QED) is 0.740. The summed E-state index contributed by atoms with van der Waals surface area (Å²) in [4.78, 5) is 24.0. The highest BCUT2D eigenvalue weighted by Gasteiger charge is 2.27. The lowest BCUT2D eigenvalue weighted by atomic mass is 10.1. The Morgan fingerprint density at radius 3 is 2.30 bits per heavy atom. The van der Waals surface area contributed by atoms with Crippen LogP contribution >= 0.6 is 0 Å². The summed E-state index contributed by atoms with van der Waals surface area (Å²) in [7, 11) is -3.47. The Morgan fingerprint density at radius 1 is 1.00 bits per heavy atom. The van der Waals surface area contributed by atoms with Gasteiger partial charge in [0.15, 0.2) is 11.6 Å². The number of benzene rings is 2. The van der Waals surface area contributed by atoms with E-state index in [9.17, 15) is 18.0 Å². The summed E-state index contributed by atoms with van der Waals surface area (Å²) in [5.41, 5.74) is 1.69. The van der Waals surface area contributed by atoms with Gasteiger partial charge in [0.25, 0.3) is 0 Å². The maximum atomic E-state index is 12.5. The molecule has 0 unspecified atom stereocenters. The molecule has 1 aliphatic rings. The normalized spacial score (nSPS) is 14.9. The molecule has 1 saturated heterocycles. The summed E-state index contributed by atoms with van der Waals surface area (Å²) in [6, 6.07) is 13.0. The van der Waals surface area contributed by atoms with Crippen molar-refractivity contribution in [3.63, 3.8) is 0 Å². The first-order valence-corrected chi connectivity index (χ1v) is 10.3. The second-order valence-electron chi connectivity index (χ2n) is 6.55. The van der Waals surface area contributed by atoms with E-state index in [4.69, 9.17) is 0 Å². The number of sulfonamides is 1. The van der Waals surface area contributed by atoms with Crippen LogP contribution < -0.4 is 5.32 Å². The number of hydrogen-bond donors (Lipinski definition) is 1. The molecule has 0 radical (unpaired) electrons. The third kappa shape index (κ3) is 4.43. The summed E-state index contributed by atoms with van der Waals surface area (Å²) in [6.45, 7) is 2.64. The van der Waals surface area contributed by atoms with E-state index in [1.807, 2.05) is 0 Å². The minimum atomic E-state index is -3.47. The van der Waals surface area contributed by atoms with Crippen molar-refractivity contribution in [2.45, 2.75) is 24.7 Å². The van der Waals surface area contributed by atoms with Crippen molar-refractivity contribution in [3.8, 4) is 0 Å². The number of ketones is 2. The lowest BCUT2D eigenvalue weighted by molar-refractivity contribution is 0.100. The summed E-state index contributed by atoms with van der Waals surface area (Å²) in [5.74, 6) is -0.201. The zero-order valence-electron chi connectivity index (χ0n) is 15.1. The zero-order valence-corrected chi connectivity index (χ0v) is 16.0. The van der Waals surface area contributed by atoms with Gasteiger partial charge < -0.3 is 5.32 Å². The van der Waals surface area contributed by atoms with Crippen LogP contribution in [0.15, 0.2) is 53.4 Å². The zero-order chi connectivity index (χ0) is 19.4. The molecular formula is C20H22N2O4S. The molecule has 0 amide bonds. The number of nitrogens with one attached hydrogen (secondary N) is 1.